The number of likely N-dealkylation sites (N-methyl/N-ethyl adjacent to an activating group) is 1. The smallest absolute Gasteiger partial charge is 0.291 e. The summed E-state index contributed by atoms with van der Waals surface area (Å²) in [5.41, 5.74) is 2.13. The predicted molar refractivity (Wildman–Crippen MR) is 136 cm³/mol. The van der Waals surface area contributed by atoms with Crippen LogP contribution in [-0.4, -0.2) is 61.6 Å². The number of ketones is 2. The number of benzene rings is 3. The van der Waals surface area contributed by atoms with Crippen LogP contribution in [0.4, 0.5) is 0 Å². The molecule has 0 radical (unpaired) electrons. The molecule has 3 aromatic carbocycles. The van der Waals surface area contributed by atoms with E-state index in [1.807, 2.05) is 73.6 Å². The fourth-order valence-corrected chi connectivity index (χ4v) is 4.34. The predicted octanol–water partition coefficient (Wildman–Crippen LogP) is 3.79. The van der Waals surface area contributed by atoms with Crippen LogP contribution in [0, 0.1) is 5.92 Å². The van der Waals surface area contributed by atoms with Crippen molar-refractivity contribution in [2.75, 3.05) is 34.3 Å². The Labute approximate surface area is 211 Å². The first-order valence-corrected chi connectivity index (χ1v) is 11.8. The highest BCUT2D eigenvalue weighted by molar-refractivity contribution is 6.44. The van der Waals surface area contributed by atoms with E-state index in [2.05, 4.69) is 0 Å². The number of carbonyl (C=O) groups excluding carboxylic acids is 3. The molecular formula is C29H30N2O5. The maximum absolute atomic E-state index is 13.5. The van der Waals surface area contributed by atoms with Crippen LogP contribution in [0.25, 0.3) is 0 Å². The van der Waals surface area contributed by atoms with Gasteiger partial charge in [-0.05, 0) is 61.6 Å². The second kappa shape index (κ2) is 11.2. The van der Waals surface area contributed by atoms with E-state index < -0.39 is 23.7 Å². The molecule has 7 nitrogen and oxygen atoms in total. The van der Waals surface area contributed by atoms with E-state index in [9.17, 15) is 14.4 Å². The van der Waals surface area contributed by atoms with Crippen LogP contribution in [-0.2, 0) is 16.2 Å². The topological polar surface area (TPSA) is 76.2 Å². The van der Waals surface area contributed by atoms with E-state index in [1.165, 1.54) is 4.90 Å². The van der Waals surface area contributed by atoms with Gasteiger partial charge in [-0.2, -0.15) is 0 Å². The van der Waals surface area contributed by atoms with Crippen LogP contribution in [0.5, 0.6) is 11.5 Å². The first kappa shape index (κ1) is 25.1. The van der Waals surface area contributed by atoms with Crippen molar-refractivity contribution in [3.8, 4) is 11.5 Å². The van der Waals surface area contributed by atoms with Crippen molar-refractivity contribution in [3.05, 3.63) is 95.6 Å². The molecule has 2 unspecified atom stereocenters. The zero-order chi connectivity index (χ0) is 25.7. The minimum absolute atomic E-state index is 0.334. The molecule has 186 valence electrons. The molecule has 1 fully saturated rings. The van der Waals surface area contributed by atoms with Crippen LogP contribution in [0.15, 0.2) is 78.9 Å². The van der Waals surface area contributed by atoms with Crippen LogP contribution >= 0.6 is 0 Å². The lowest BCUT2D eigenvalue weighted by Gasteiger charge is -2.28. The molecule has 1 aliphatic heterocycles. The lowest BCUT2D eigenvalue weighted by atomic mass is 9.86. The average molecular weight is 487 g/mol. The Morgan fingerprint density at radius 2 is 1.53 bits per heavy atom. The summed E-state index contributed by atoms with van der Waals surface area (Å²) in [6, 6.07) is 23.0. The standard InChI is InChI=1S/C29H30N2O5/c1-30(2)17-18-31-26(21-9-15-24(16-10-21)36-19-20-7-5-4-6-8-20)25(28(33)29(31)34)27(32)22-11-13-23(35-3)14-12-22/h4-16,25-26H,17-19H2,1-3H3. The van der Waals surface area contributed by atoms with Crippen LogP contribution < -0.4 is 9.47 Å². The minimum atomic E-state index is -1.12. The third kappa shape index (κ3) is 5.47. The minimum Gasteiger partial charge on any atom is -0.497 e. The van der Waals surface area contributed by atoms with Crippen molar-refractivity contribution in [3.63, 3.8) is 0 Å². The molecule has 0 saturated carbocycles. The highest BCUT2D eigenvalue weighted by atomic mass is 16.5. The van der Waals surface area contributed by atoms with Crippen LogP contribution in [0.2, 0.25) is 0 Å². The summed E-state index contributed by atoms with van der Waals surface area (Å²) in [6.45, 7) is 1.33. The Hall–Kier alpha value is -3.97. The number of amides is 1. The molecular weight excluding hydrogens is 456 g/mol. The lowest BCUT2D eigenvalue weighted by molar-refractivity contribution is -0.140. The molecule has 0 aromatic heterocycles. The van der Waals surface area contributed by atoms with Gasteiger partial charge < -0.3 is 19.3 Å². The number of likely N-dealkylation sites (tertiary alicyclic amines) is 1. The van der Waals surface area contributed by atoms with Gasteiger partial charge in [0.2, 0.25) is 5.78 Å². The van der Waals surface area contributed by atoms with E-state index in [0.717, 1.165) is 5.56 Å². The fraction of sp³-hybridized carbons (Fsp3) is 0.276. The van der Waals surface area contributed by atoms with Gasteiger partial charge in [0.15, 0.2) is 5.78 Å². The summed E-state index contributed by atoms with van der Waals surface area (Å²) in [7, 11) is 5.34. The zero-order valence-electron chi connectivity index (χ0n) is 20.7. The number of ether oxygens (including phenoxy) is 2. The maximum atomic E-state index is 13.5. The summed E-state index contributed by atoms with van der Waals surface area (Å²) < 4.78 is 11.1. The Balaban J connectivity index is 1.62. The molecule has 1 amide bonds. The molecule has 36 heavy (non-hydrogen) atoms. The molecule has 7 heteroatoms. The quantitative estimate of drug-likeness (QED) is 0.247. The summed E-state index contributed by atoms with van der Waals surface area (Å²) in [5.74, 6) is -1.53. The second-order valence-corrected chi connectivity index (χ2v) is 9.02. The Kier molecular flexibility index (Phi) is 7.80. The van der Waals surface area contributed by atoms with Crippen molar-refractivity contribution in [2.24, 2.45) is 5.92 Å². The summed E-state index contributed by atoms with van der Waals surface area (Å²) in [4.78, 5) is 43.1. The van der Waals surface area contributed by atoms with Gasteiger partial charge in [-0.15, -0.1) is 0 Å². The average Bonchev–Trinajstić information content (AvgIpc) is 3.16. The largest absolute Gasteiger partial charge is 0.497 e. The van der Waals surface area contributed by atoms with E-state index in [1.54, 1.807) is 31.4 Å². The Morgan fingerprint density at radius 3 is 2.14 bits per heavy atom. The molecule has 0 aliphatic carbocycles. The molecule has 4 rings (SSSR count). The number of nitrogens with zero attached hydrogens (tertiary/aromatic N) is 2. The van der Waals surface area contributed by atoms with E-state index in [-0.39, 0.29) is 5.78 Å². The molecule has 2 atom stereocenters. The molecule has 0 N–H and O–H groups in total. The maximum Gasteiger partial charge on any atom is 0.291 e. The Bertz CT molecular complexity index is 1210. The zero-order valence-corrected chi connectivity index (χ0v) is 20.7. The van der Waals surface area contributed by atoms with E-state index in [0.29, 0.717) is 42.3 Å². The summed E-state index contributed by atoms with van der Waals surface area (Å²) in [6.07, 6.45) is 0. The highest BCUT2D eigenvalue weighted by Gasteiger charge is 2.51. The summed E-state index contributed by atoms with van der Waals surface area (Å²) in [5, 5.41) is 0. The van der Waals surface area contributed by atoms with Crippen LogP contribution in [0.3, 0.4) is 0 Å². The first-order chi connectivity index (χ1) is 17.4. The van der Waals surface area contributed by atoms with Gasteiger partial charge >= 0.3 is 0 Å². The van der Waals surface area contributed by atoms with Gasteiger partial charge in [-0.3, -0.25) is 14.4 Å². The van der Waals surface area contributed by atoms with Crippen molar-refractivity contribution < 1.29 is 23.9 Å². The van der Waals surface area contributed by atoms with Gasteiger partial charge in [-0.1, -0.05) is 42.5 Å². The number of rotatable bonds is 10. The van der Waals surface area contributed by atoms with Crippen LogP contribution in [0.1, 0.15) is 27.5 Å². The number of Topliss-reactive ketones (excluding diaryl/α,β-unsaturated/α-hetero) is 2. The van der Waals surface area contributed by atoms with Crippen molar-refractivity contribution in [1.82, 2.24) is 9.80 Å². The second-order valence-electron chi connectivity index (χ2n) is 9.02. The number of carbonyl (C=O) groups is 3. The molecule has 0 bridgehead atoms. The molecule has 1 aliphatic rings. The molecule has 1 heterocycles. The number of hydrogen-bond acceptors (Lipinski definition) is 6. The van der Waals surface area contributed by atoms with E-state index >= 15 is 0 Å². The van der Waals surface area contributed by atoms with Gasteiger partial charge in [0.25, 0.3) is 5.91 Å². The van der Waals surface area contributed by atoms with Crippen molar-refractivity contribution in [2.45, 2.75) is 12.6 Å². The van der Waals surface area contributed by atoms with Gasteiger partial charge in [-0.25, -0.2) is 0 Å². The van der Waals surface area contributed by atoms with Crippen molar-refractivity contribution >= 4 is 17.5 Å². The fourth-order valence-electron chi connectivity index (χ4n) is 4.34. The SMILES string of the molecule is COc1ccc(C(=O)C2C(=O)C(=O)N(CCN(C)C)C2c2ccc(OCc3ccccc3)cc2)cc1. The van der Waals surface area contributed by atoms with Gasteiger partial charge in [0.1, 0.15) is 24.0 Å². The highest BCUT2D eigenvalue weighted by Crippen LogP contribution is 2.38. The van der Waals surface area contributed by atoms with Crippen molar-refractivity contribution in [1.29, 1.82) is 0 Å². The first-order valence-electron chi connectivity index (χ1n) is 11.8. The van der Waals surface area contributed by atoms with Gasteiger partial charge in [0, 0.05) is 18.7 Å². The number of hydrogen-bond donors (Lipinski definition) is 0. The molecule has 1 saturated heterocycles. The Morgan fingerprint density at radius 1 is 0.889 bits per heavy atom. The molecule has 0 spiro atoms. The van der Waals surface area contributed by atoms with Gasteiger partial charge in [0.05, 0.1) is 13.2 Å². The third-order valence-electron chi connectivity index (χ3n) is 6.32. The van der Waals surface area contributed by atoms with E-state index in [4.69, 9.17) is 9.47 Å². The molecule has 3 aromatic rings. The summed E-state index contributed by atoms with van der Waals surface area (Å²) >= 11 is 0. The monoisotopic (exact) mass is 486 g/mol. The third-order valence-corrected chi connectivity index (χ3v) is 6.32. The number of methoxy groups -OCH3 is 1. The lowest BCUT2D eigenvalue weighted by Crippen LogP contribution is -2.36. The normalized spacial score (nSPS) is 17.5.